The summed E-state index contributed by atoms with van der Waals surface area (Å²) in [6, 6.07) is 39.5. The van der Waals surface area contributed by atoms with Gasteiger partial charge in [0.2, 0.25) is 23.6 Å². The van der Waals surface area contributed by atoms with Crippen LogP contribution in [0.3, 0.4) is 0 Å². The lowest BCUT2D eigenvalue weighted by Crippen LogP contribution is -2.12. The zero-order chi connectivity index (χ0) is 55.8. The Labute approximate surface area is 470 Å². The van der Waals surface area contributed by atoms with Crippen molar-refractivity contribution in [3.8, 4) is 44.5 Å². The normalized spacial score (nSPS) is 11.7. The van der Waals surface area contributed by atoms with Crippen LogP contribution >= 0.6 is 0 Å². The SMILES string of the molecule is CCCCCC(=O)Nc1ccccc1-c1c2nc(c(-c3ccccc3NC(=O)CCCCC)c3ccc([nH]3)c(-c3ccccc3NC(=O)CCCCC)c3ccc([nH]3)c(-c3ccccc3NC(=O)CCCCC)c3nc1C=C3)C=C2. The van der Waals surface area contributed by atoms with Crippen molar-refractivity contribution in [2.24, 2.45) is 0 Å². The Morgan fingerprint density at radius 2 is 0.575 bits per heavy atom. The molecule has 4 aromatic carbocycles. The fraction of sp³-hybridized carbons (Fsp3) is 0.294. The van der Waals surface area contributed by atoms with E-state index in [2.05, 4.69) is 71.1 Å². The number of aromatic nitrogens is 4. The Bertz CT molecular complexity index is 3450. The molecule has 80 heavy (non-hydrogen) atoms. The van der Waals surface area contributed by atoms with Crippen molar-refractivity contribution >= 4 is 92.7 Å². The van der Waals surface area contributed by atoms with Gasteiger partial charge in [-0.3, -0.25) is 19.2 Å². The van der Waals surface area contributed by atoms with Crippen LogP contribution in [0.5, 0.6) is 0 Å². The molecule has 3 aromatic heterocycles. The van der Waals surface area contributed by atoms with Crippen LogP contribution in [-0.4, -0.2) is 43.6 Å². The van der Waals surface area contributed by atoms with E-state index in [1.807, 2.05) is 133 Å². The topological polar surface area (TPSA) is 174 Å². The molecule has 5 heterocycles. The molecular formula is C68H74N8O4. The molecule has 0 unspecified atom stereocenters. The molecule has 12 nitrogen and oxygen atoms in total. The van der Waals surface area contributed by atoms with Crippen molar-refractivity contribution < 1.29 is 19.2 Å². The number of nitrogens with one attached hydrogen (secondary N) is 6. The van der Waals surface area contributed by atoms with Gasteiger partial charge in [0.1, 0.15) is 0 Å². The number of nitrogens with zero attached hydrogens (tertiary/aromatic N) is 2. The second-order valence-corrected chi connectivity index (χ2v) is 20.7. The Kier molecular flexibility index (Phi) is 19.1. The maximum absolute atomic E-state index is 13.7. The van der Waals surface area contributed by atoms with Crippen molar-refractivity contribution in [1.29, 1.82) is 0 Å². The van der Waals surface area contributed by atoms with Gasteiger partial charge in [0.05, 0.1) is 22.8 Å². The van der Waals surface area contributed by atoms with E-state index in [1.165, 1.54) is 0 Å². The van der Waals surface area contributed by atoms with Crippen LogP contribution in [0.25, 0.3) is 90.9 Å². The number of H-pyrrole nitrogens is 2. The maximum Gasteiger partial charge on any atom is 0.224 e. The molecule has 6 N–H and O–H groups in total. The molecule has 8 bridgehead atoms. The Hall–Kier alpha value is -8.64. The number of aromatic amines is 2. The van der Waals surface area contributed by atoms with Crippen LogP contribution < -0.4 is 21.3 Å². The van der Waals surface area contributed by atoms with Gasteiger partial charge in [-0.1, -0.05) is 152 Å². The largest absolute Gasteiger partial charge is 0.354 e. The Morgan fingerprint density at radius 1 is 0.325 bits per heavy atom. The summed E-state index contributed by atoms with van der Waals surface area (Å²) in [4.78, 5) is 73.5. The molecule has 0 fully saturated rings. The van der Waals surface area contributed by atoms with E-state index in [-0.39, 0.29) is 23.6 Å². The fourth-order valence-corrected chi connectivity index (χ4v) is 10.6. The Morgan fingerprint density at radius 3 is 0.875 bits per heavy atom. The van der Waals surface area contributed by atoms with Gasteiger partial charge in [-0.15, -0.1) is 0 Å². The smallest absolute Gasteiger partial charge is 0.224 e. The number of anilines is 4. The average Bonchev–Trinajstić information content (AvgIpc) is 4.40. The highest BCUT2D eigenvalue weighted by atomic mass is 16.2. The van der Waals surface area contributed by atoms with Crippen LogP contribution in [0.4, 0.5) is 22.7 Å². The van der Waals surface area contributed by atoms with Crippen LogP contribution in [0.1, 0.15) is 153 Å². The first-order valence-corrected chi connectivity index (χ1v) is 28.9. The molecule has 0 spiro atoms. The minimum absolute atomic E-state index is 0.0590. The number of hydrogen-bond donors (Lipinski definition) is 6. The molecule has 410 valence electrons. The predicted molar refractivity (Wildman–Crippen MR) is 332 cm³/mol. The standard InChI is InChI=1S/C68H74N8O4/c1-5-9-13-33-61(77)73-49-29-21-17-25-45(49)65-53-37-39-55(69-53)66(46-26-18-22-30-50(46)74-62(78)34-14-10-6-2)57-41-43-59(71-57)68(48-28-20-24-32-52(48)76-64(80)36-16-12-8-4)60-44-42-58(72-60)67(56-40-38-54(65)70-56)47-27-19-23-31-51(47)75-63(79)35-15-11-7-3/h17-32,37-44,69-70H,5-16,33-36H2,1-4H3,(H,73,77)(H,74,78)(H,75,79)(H,76,80). The molecule has 0 radical (unpaired) electrons. The number of unbranched alkanes of at least 4 members (excludes halogenated alkanes) is 8. The van der Waals surface area contributed by atoms with Gasteiger partial charge < -0.3 is 31.2 Å². The minimum Gasteiger partial charge on any atom is -0.354 e. The monoisotopic (exact) mass is 1070 g/mol. The van der Waals surface area contributed by atoms with Crippen LogP contribution in [0, 0.1) is 0 Å². The highest BCUT2D eigenvalue weighted by Gasteiger charge is 2.24. The van der Waals surface area contributed by atoms with Gasteiger partial charge in [0.25, 0.3) is 0 Å². The summed E-state index contributed by atoms with van der Waals surface area (Å²) in [5.74, 6) is -0.260. The first-order valence-electron chi connectivity index (χ1n) is 28.9. The summed E-state index contributed by atoms with van der Waals surface area (Å²) in [6.45, 7) is 8.50. The lowest BCUT2D eigenvalue weighted by atomic mass is 10.00. The molecule has 0 saturated carbocycles. The maximum atomic E-state index is 13.7. The van der Waals surface area contributed by atoms with Crippen molar-refractivity contribution in [1.82, 2.24) is 19.9 Å². The van der Waals surface area contributed by atoms with E-state index in [4.69, 9.17) is 9.97 Å². The molecule has 4 amide bonds. The molecule has 7 aromatic rings. The van der Waals surface area contributed by atoms with Crippen LogP contribution in [0.15, 0.2) is 121 Å². The summed E-state index contributed by atoms with van der Waals surface area (Å²) in [5, 5.41) is 13.0. The van der Waals surface area contributed by atoms with E-state index in [1.54, 1.807) is 0 Å². The number of para-hydroxylation sites is 4. The van der Waals surface area contributed by atoms with Gasteiger partial charge in [0, 0.05) is 115 Å². The molecule has 0 saturated heterocycles. The molecule has 9 rings (SSSR count). The predicted octanol–water partition coefficient (Wildman–Crippen LogP) is 17.4. The third kappa shape index (κ3) is 13.4. The zero-order valence-corrected chi connectivity index (χ0v) is 46.7. The number of hydrogen-bond acceptors (Lipinski definition) is 6. The van der Waals surface area contributed by atoms with E-state index in [0.717, 1.165) is 138 Å². The fourth-order valence-electron chi connectivity index (χ4n) is 10.6. The average molecular weight is 1070 g/mol. The third-order valence-electron chi connectivity index (χ3n) is 14.7. The number of amides is 4. The molecule has 12 heteroatoms. The van der Waals surface area contributed by atoms with Crippen LogP contribution in [-0.2, 0) is 19.2 Å². The number of rotatable bonds is 24. The van der Waals surface area contributed by atoms with Gasteiger partial charge in [-0.2, -0.15) is 0 Å². The second-order valence-electron chi connectivity index (χ2n) is 20.7. The first-order chi connectivity index (χ1) is 39.2. The molecule has 0 aliphatic carbocycles. The van der Waals surface area contributed by atoms with Crippen LogP contribution in [0.2, 0.25) is 0 Å². The highest BCUT2D eigenvalue weighted by Crippen LogP contribution is 2.43. The lowest BCUT2D eigenvalue weighted by Gasteiger charge is -2.14. The van der Waals surface area contributed by atoms with E-state index >= 15 is 0 Å². The van der Waals surface area contributed by atoms with E-state index in [9.17, 15) is 19.2 Å². The second kappa shape index (κ2) is 27.3. The van der Waals surface area contributed by atoms with Gasteiger partial charge in [0.15, 0.2) is 0 Å². The molecule has 2 aliphatic rings. The van der Waals surface area contributed by atoms with Crippen molar-refractivity contribution in [2.45, 2.75) is 130 Å². The number of benzene rings is 4. The first kappa shape index (κ1) is 56.1. The minimum atomic E-state index is -0.0711. The quantitative estimate of drug-likeness (QED) is 0.0329. The number of carbonyl (C=O) groups is 4. The molecular weight excluding hydrogens is 993 g/mol. The number of fused-ring (bicyclic) bond motifs is 8. The third-order valence-corrected chi connectivity index (χ3v) is 14.7. The molecule has 0 atom stereocenters. The summed E-state index contributed by atoms with van der Waals surface area (Å²) in [7, 11) is 0. The number of carbonyl (C=O) groups excluding carboxylic acids is 4. The highest BCUT2D eigenvalue weighted by molar-refractivity contribution is 6.08. The van der Waals surface area contributed by atoms with E-state index in [0.29, 0.717) is 76.8 Å². The Balaban J connectivity index is 1.38. The lowest BCUT2D eigenvalue weighted by molar-refractivity contribution is -0.117. The molecule has 2 aliphatic heterocycles. The van der Waals surface area contributed by atoms with Crippen molar-refractivity contribution in [3.05, 3.63) is 144 Å². The van der Waals surface area contributed by atoms with Gasteiger partial charge >= 0.3 is 0 Å². The summed E-state index contributed by atoms with van der Waals surface area (Å²) in [6.07, 6.45) is 20.6. The summed E-state index contributed by atoms with van der Waals surface area (Å²) in [5.41, 5.74) is 14.2. The van der Waals surface area contributed by atoms with Gasteiger partial charge in [-0.25, -0.2) is 9.97 Å². The summed E-state index contributed by atoms with van der Waals surface area (Å²) < 4.78 is 0. The van der Waals surface area contributed by atoms with Crippen molar-refractivity contribution in [2.75, 3.05) is 21.3 Å². The van der Waals surface area contributed by atoms with E-state index < -0.39 is 0 Å². The summed E-state index contributed by atoms with van der Waals surface area (Å²) >= 11 is 0. The zero-order valence-electron chi connectivity index (χ0n) is 46.7. The van der Waals surface area contributed by atoms with Gasteiger partial charge in [-0.05, 0) is 98.5 Å². The van der Waals surface area contributed by atoms with Crippen molar-refractivity contribution in [3.63, 3.8) is 0 Å².